The maximum atomic E-state index is 3.41. The normalized spacial score (nSPS) is 16.6. The van der Waals surface area contributed by atoms with Crippen molar-refractivity contribution < 1.29 is 18.9 Å². The molecular weight excluding hydrogens is 187 g/mol. The Balaban J connectivity index is 0.000000963. The van der Waals surface area contributed by atoms with Crippen LogP contribution in [0.4, 0.5) is 0 Å². The van der Waals surface area contributed by atoms with Gasteiger partial charge in [0.1, 0.15) is 0 Å². The number of hydrogen-bond donors (Lipinski definition) is 0. The van der Waals surface area contributed by atoms with Gasteiger partial charge < -0.3 is 0 Å². The van der Waals surface area contributed by atoms with Gasteiger partial charge in [0, 0.05) is 0 Å². The minimum absolute atomic E-state index is 0. The second-order valence-electron chi connectivity index (χ2n) is 3.78. The first kappa shape index (κ1) is 11.3. The van der Waals surface area contributed by atoms with Crippen LogP contribution in [0, 0.1) is 6.08 Å². The summed E-state index contributed by atoms with van der Waals surface area (Å²) in [4.78, 5) is 0. The van der Waals surface area contributed by atoms with Crippen LogP contribution in [-0.4, -0.2) is 0 Å². The molecule has 1 heteroatoms. The summed E-state index contributed by atoms with van der Waals surface area (Å²) in [7, 11) is 0. The maximum absolute atomic E-state index is 3.41. The number of allylic oxidation sites excluding steroid dienone is 1. The zero-order valence-corrected chi connectivity index (χ0v) is 9.35. The molecule has 0 nitrogen and oxygen atoms in total. The van der Waals surface area contributed by atoms with Crippen molar-refractivity contribution in [3.05, 3.63) is 77.4 Å². The Morgan fingerprint density at radius 3 is 2.31 bits per heavy atom. The predicted octanol–water partition coefficient (Wildman–Crippen LogP) is 0.652. The van der Waals surface area contributed by atoms with Gasteiger partial charge in [-0.05, 0) is 0 Å². The van der Waals surface area contributed by atoms with Crippen LogP contribution in [0.2, 0.25) is 0 Å². The van der Waals surface area contributed by atoms with E-state index >= 15 is 0 Å². The molecule has 0 amide bonds. The summed E-state index contributed by atoms with van der Waals surface area (Å²) in [5.41, 5.74) is 3.98. The number of rotatable bonds is 1. The van der Waals surface area contributed by atoms with Crippen LogP contribution in [0.1, 0.15) is 22.6 Å². The Bertz CT molecular complexity index is 500. The van der Waals surface area contributed by atoms with Gasteiger partial charge >= 0.3 is 18.9 Å². The van der Waals surface area contributed by atoms with Crippen molar-refractivity contribution in [2.45, 2.75) is 5.92 Å². The molecule has 0 saturated heterocycles. The smallest absolute Gasteiger partial charge is 0.264 e. The fourth-order valence-electron chi connectivity index (χ4n) is 2.09. The average Bonchev–Trinajstić information content (AvgIpc) is 2.74. The first-order valence-electron chi connectivity index (χ1n) is 5.18. The SMILES string of the molecule is [C-]1=Cc2ccccc2C1c1ccccc1.[Li+]. The molecule has 0 radical (unpaired) electrons. The van der Waals surface area contributed by atoms with Crippen molar-refractivity contribution in [1.82, 2.24) is 0 Å². The van der Waals surface area contributed by atoms with Crippen LogP contribution in [0.3, 0.4) is 0 Å². The quantitative estimate of drug-likeness (QED) is 0.466. The van der Waals surface area contributed by atoms with Gasteiger partial charge in [-0.15, -0.1) is 11.6 Å². The second-order valence-corrected chi connectivity index (χ2v) is 3.78. The van der Waals surface area contributed by atoms with Crippen LogP contribution in [0.5, 0.6) is 0 Å². The molecule has 0 N–H and O–H groups in total. The Kier molecular flexibility index (Phi) is 3.34. The molecule has 0 heterocycles. The van der Waals surface area contributed by atoms with Gasteiger partial charge in [0.25, 0.3) is 0 Å². The number of fused-ring (bicyclic) bond motifs is 1. The molecule has 0 aromatic heterocycles. The Morgan fingerprint density at radius 2 is 1.50 bits per heavy atom. The first-order chi connectivity index (χ1) is 7.45. The van der Waals surface area contributed by atoms with E-state index in [1.165, 1.54) is 16.7 Å². The van der Waals surface area contributed by atoms with E-state index in [2.05, 4.69) is 60.7 Å². The zero-order valence-electron chi connectivity index (χ0n) is 9.35. The summed E-state index contributed by atoms with van der Waals surface area (Å²) in [6.07, 6.45) is 5.50. The molecule has 16 heavy (non-hydrogen) atoms. The molecule has 2 aromatic carbocycles. The van der Waals surface area contributed by atoms with Crippen molar-refractivity contribution in [3.8, 4) is 0 Å². The third-order valence-corrected chi connectivity index (χ3v) is 2.85. The summed E-state index contributed by atoms with van der Waals surface area (Å²) < 4.78 is 0. The molecule has 2 aromatic rings. The van der Waals surface area contributed by atoms with E-state index in [0.29, 0.717) is 5.92 Å². The molecule has 1 unspecified atom stereocenters. The van der Waals surface area contributed by atoms with Crippen LogP contribution in [0.25, 0.3) is 6.08 Å². The van der Waals surface area contributed by atoms with Crippen molar-refractivity contribution in [1.29, 1.82) is 0 Å². The molecule has 3 rings (SSSR count). The number of hydrogen-bond acceptors (Lipinski definition) is 0. The van der Waals surface area contributed by atoms with E-state index in [1.807, 2.05) is 6.07 Å². The van der Waals surface area contributed by atoms with Gasteiger partial charge in [-0.2, -0.15) is 5.56 Å². The molecule has 1 atom stereocenters. The van der Waals surface area contributed by atoms with Gasteiger partial charge in [-0.25, -0.2) is 6.08 Å². The van der Waals surface area contributed by atoms with Crippen molar-refractivity contribution in [2.24, 2.45) is 0 Å². The van der Waals surface area contributed by atoms with Gasteiger partial charge in [0.15, 0.2) is 0 Å². The minimum Gasteiger partial charge on any atom is -0.264 e. The maximum Gasteiger partial charge on any atom is 1.00 e. The molecule has 0 bridgehead atoms. The van der Waals surface area contributed by atoms with Crippen LogP contribution in [0.15, 0.2) is 54.6 Å². The van der Waals surface area contributed by atoms with E-state index in [4.69, 9.17) is 0 Å². The van der Waals surface area contributed by atoms with Crippen molar-refractivity contribution >= 4 is 6.08 Å². The Morgan fingerprint density at radius 1 is 0.812 bits per heavy atom. The van der Waals surface area contributed by atoms with E-state index in [0.717, 1.165) is 0 Å². The van der Waals surface area contributed by atoms with Crippen molar-refractivity contribution in [3.63, 3.8) is 0 Å². The monoisotopic (exact) mass is 198 g/mol. The zero-order chi connectivity index (χ0) is 10.1. The van der Waals surface area contributed by atoms with Crippen LogP contribution < -0.4 is 18.9 Å². The van der Waals surface area contributed by atoms with E-state index in [-0.39, 0.29) is 18.9 Å². The average molecular weight is 198 g/mol. The second kappa shape index (κ2) is 4.74. The van der Waals surface area contributed by atoms with Crippen molar-refractivity contribution in [2.75, 3.05) is 0 Å². The summed E-state index contributed by atoms with van der Waals surface area (Å²) in [6.45, 7) is 0. The Hall–Kier alpha value is -1.22. The molecular formula is C15H11Li. The summed E-state index contributed by atoms with van der Waals surface area (Å²) in [5.74, 6) is 0.322. The van der Waals surface area contributed by atoms with Crippen LogP contribution in [-0.2, 0) is 0 Å². The fraction of sp³-hybridized carbons (Fsp3) is 0.0667. The topological polar surface area (TPSA) is 0 Å². The first-order valence-corrected chi connectivity index (χ1v) is 5.18. The standard InChI is InChI=1S/C15H11.Li/c1-2-6-12(7-3-1)15-11-10-13-8-4-5-9-14(13)15;/h1-10,15H;/q-1;+1. The van der Waals surface area contributed by atoms with E-state index in [9.17, 15) is 0 Å². The predicted molar refractivity (Wildman–Crippen MR) is 62.4 cm³/mol. The fourth-order valence-corrected chi connectivity index (χ4v) is 2.09. The summed E-state index contributed by atoms with van der Waals surface area (Å²) in [6, 6.07) is 19.0. The van der Waals surface area contributed by atoms with E-state index in [1.54, 1.807) is 0 Å². The van der Waals surface area contributed by atoms with Gasteiger partial charge in [0.2, 0.25) is 0 Å². The third kappa shape index (κ3) is 1.87. The molecule has 0 saturated carbocycles. The molecule has 0 fully saturated rings. The molecule has 72 valence electrons. The minimum atomic E-state index is 0. The molecule has 1 aliphatic carbocycles. The summed E-state index contributed by atoms with van der Waals surface area (Å²) in [5, 5.41) is 0. The molecule has 0 spiro atoms. The van der Waals surface area contributed by atoms with Gasteiger partial charge in [-0.1, -0.05) is 60.0 Å². The van der Waals surface area contributed by atoms with E-state index < -0.39 is 0 Å². The van der Waals surface area contributed by atoms with Gasteiger partial charge in [-0.3, -0.25) is 6.08 Å². The largest absolute Gasteiger partial charge is 1.00 e. The van der Waals surface area contributed by atoms with Gasteiger partial charge in [0.05, 0.1) is 0 Å². The number of benzene rings is 2. The Labute approximate surface area is 108 Å². The molecule has 0 aliphatic heterocycles. The third-order valence-electron chi connectivity index (χ3n) is 2.85. The summed E-state index contributed by atoms with van der Waals surface area (Å²) >= 11 is 0. The van der Waals surface area contributed by atoms with Crippen LogP contribution >= 0.6 is 0 Å². The molecule has 1 aliphatic rings.